The van der Waals surface area contributed by atoms with Gasteiger partial charge in [0, 0.05) is 24.7 Å². The Morgan fingerprint density at radius 2 is 1.89 bits per heavy atom. The van der Waals surface area contributed by atoms with E-state index in [0.717, 1.165) is 25.7 Å². The quantitative estimate of drug-likeness (QED) is 0.778. The summed E-state index contributed by atoms with van der Waals surface area (Å²) >= 11 is 0. The highest BCUT2D eigenvalue weighted by atomic mass is 32.2. The highest BCUT2D eigenvalue weighted by Gasteiger charge is 2.43. The molecule has 0 saturated heterocycles. The van der Waals surface area contributed by atoms with Gasteiger partial charge in [-0.25, -0.2) is 0 Å². The predicted molar refractivity (Wildman–Crippen MR) is 79.0 cm³/mol. The molecule has 1 aliphatic carbocycles. The molecule has 0 unspecified atom stereocenters. The van der Waals surface area contributed by atoms with Crippen LogP contribution in [0.25, 0.3) is 0 Å². The molecule has 1 aliphatic rings. The van der Waals surface area contributed by atoms with Crippen molar-refractivity contribution in [3.63, 3.8) is 0 Å². The van der Waals surface area contributed by atoms with Crippen LogP contribution in [0.3, 0.4) is 0 Å². The van der Waals surface area contributed by atoms with E-state index in [2.05, 4.69) is 11.6 Å². The molecule has 0 radical (unpaired) electrons. The molecule has 5 nitrogen and oxygen atoms in total. The van der Waals surface area contributed by atoms with Gasteiger partial charge in [0.15, 0.2) is 0 Å². The topological polar surface area (TPSA) is 75.4 Å². The minimum absolute atomic E-state index is 0.101. The lowest BCUT2D eigenvalue weighted by molar-refractivity contribution is 0.118. The maximum Gasteiger partial charge on any atom is 0.280 e. The Bertz CT molecular complexity index is 373. The third kappa shape index (κ3) is 3.90. The average Bonchev–Trinajstić information content (AvgIpc) is 2.31. The zero-order valence-corrected chi connectivity index (χ0v) is 13.5. The fourth-order valence-corrected chi connectivity index (χ4v) is 4.81. The van der Waals surface area contributed by atoms with Gasteiger partial charge in [-0.15, -0.1) is 0 Å². The van der Waals surface area contributed by atoms with E-state index >= 15 is 0 Å². The van der Waals surface area contributed by atoms with Crippen molar-refractivity contribution >= 4 is 10.2 Å². The van der Waals surface area contributed by atoms with Crippen molar-refractivity contribution in [2.24, 2.45) is 11.7 Å². The summed E-state index contributed by atoms with van der Waals surface area (Å²) in [5.74, 6) is 0.666. The van der Waals surface area contributed by atoms with Gasteiger partial charge in [0.1, 0.15) is 0 Å². The molecule has 19 heavy (non-hydrogen) atoms. The smallest absolute Gasteiger partial charge is 0.280 e. The second-order valence-corrected chi connectivity index (χ2v) is 7.68. The van der Waals surface area contributed by atoms with Crippen LogP contribution < -0.4 is 10.5 Å². The van der Waals surface area contributed by atoms with Gasteiger partial charge in [0.05, 0.1) is 0 Å². The molecule has 1 rings (SSSR count). The van der Waals surface area contributed by atoms with Crippen LogP contribution in [-0.2, 0) is 10.2 Å². The molecular formula is C13H29N3O2S. The Labute approximate surface area is 118 Å². The monoisotopic (exact) mass is 291 g/mol. The Hall–Kier alpha value is -0.170. The van der Waals surface area contributed by atoms with Crippen molar-refractivity contribution in [2.45, 2.75) is 65.0 Å². The molecular weight excluding hydrogens is 262 g/mol. The predicted octanol–water partition coefficient (Wildman–Crippen LogP) is 1.46. The van der Waals surface area contributed by atoms with E-state index in [1.807, 2.05) is 20.8 Å². The first-order valence-electron chi connectivity index (χ1n) is 7.27. The second-order valence-electron chi connectivity index (χ2n) is 6.05. The number of rotatable bonds is 6. The molecule has 0 amide bonds. The normalized spacial score (nSPS) is 29.1. The maximum absolute atomic E-state index is 12.5. The summed E-state index contributed by atoms with van der Waals surface area (Å²) in [6, 6.07) is -0.101. The van der Waals surface area contributed by atoms with Crippen LogP contribution in [0.15, 0.2) is 0 Å². The highest BCUT2D eigenvalue weighted by Crippen LogP contribution is 2.36. The molecule has 6 heteroatoms. The lowest BCUT2D eigenvalue weighted by atomic mass is 9.77. The SMILES string of the molecule is CCN(C1(CN)CCC(C)CC1)S(=O)(=O)NC(C)C. The van der Waals surface area contributed by atoms with Gasteiger partial charge in [-0.05, 0) is 45.4 Å². The van der Waals surface area contributed by atoms with Gasteiger partial charge in [-0.1, -0.05) is 13.8 Å². The summed E-state index contributed by atoms with van der Waals surface area (Å²) in [5, 5.41) is 0. The summed E-state index contributed by atoms with van der Waals surface area (Å²) < 4.78 is 29.2. The maximum atomic E-state index is 12.5. The summed E-state index contributed by atoms with van der Waals surface area (Å²) in [7, 11) is -3.46. The number of nitrogens with one attached hydrogen (secondary N) is 1. The molecule has 1 saturated carbocycles. The number of likely N-dealkylation sites (N-methyl/N-ethyl adjacent to an activating group) is 1. The van der Waals surface area contributed by atoms with Gasteiger partial charge in [-0.3, -0.25) is 0 Å². The number of hydrogen-bond donors (Lipinski definition) is 2. The summed E-state index contributed by atoms with van der Waals surface area (Å²) in [5.41, 5.74) is 5.55. The fraction of sp³-hybridized carbons (Fsp3) is 1.00. The third-order valence-corrected chi connectivity index (χ3v) is 6.07. The van der Waals surface area contributed by atoms with Gasteiger partial charge in [-0.2, -0.15) is 17.4 Å². The second kappa shape index (κ2) is 6.52. The molecule has 0 aromatic carbocycles. The third-order valence-electron chi connectivity index (χ3n) is 4.08. The van der Waals surface area contributed by atoms with E-state index in [0.29, 0.717) is 19.0 Å². The molecule has 0 bridgehead atoms. The Morgan fingerprint density at radius 3 is 2.26 bits per heavy atom. The van der Waals surface area contributed by atoms with E-state index < -0.39 is 15.7 Å². The zero-order chi connectivity index (χ0) is 14.7. The van der Waals surface area contributed by atoms with E-state index in [9.17, 15) is 8.42 Å². The molecule has 0 atom stereocenters. The summed E-state index contributed by atoms with van der Waals surface area (Å²) in [4.78, 5) is 0. The lowest BCUT2D eigenvalue weighted by Gasteiger charge is -2.45. The summed E-state index contributed by atoms with van der Waals surface area (Å²) in [6.07, 6.45) is 3.81. The van der Waals surface area contributed by atoms with Crippen LogP contribution in [0.5, 0.6) is 0 Å². The van der Waals surface area contributed by atoms with Gasteiger partial charge in [0.2, 0.25) is 0 Å². The minimum atomic E-state index is -3.46. The van der Waals surface area contributed by atoms with Crippen LogP contribution in [0.4, 0.5) is 0 Å². The van der Waals surface area contributed by atoms with Gasteiger partial charge < -0.3 is 5.73 Å². The van der Waals surface area contributed by atoms with E-state index in [1.54, 1.807) is 4.31 Å². The van der Waals surface area contributed by atoms with Crippen molar-refractivity contribution in [3.05, 3.63) is 0 Å². The van der Waals surface area contributed by atoms with Gasteiger partial charge >= 0.3 is 0 Å². The van der Waals surface area contributed by atoms with Crippen molar-refractivity contribution < 1.29 is 8.42 Å². The van der Waals surface area contributed by atoms with Crippen LogP contribution in [0.1, 0.15) is 53.4 Å². The van der Waals surface area contributed by atoms with Crippen molar-refractivity contribution in [1.82, 2.24) is 9.03 Å². The average molecular weight is 291 g/mol. The fourth-order valence-electron chi connectivity index (χ4n) is 2.98. The first-order valence-corrected chi connectivity index (χ1v) is 8.71. The Balaban J connectivity index is 2.99. The molecule has 0 aliphatic heterocycles. The van der Waals surface area contributed by atoms with E-state index in [4.69, 9.17) is 5.73 Å². The van der Waals surface area contributed by atoms with Crippen molar-refractivity contribution in [3.8, 4) is 0 Å². The summed E-state index contributed by atoms with van der Waals surface area (Å²) in [6.45, 7) is 8.64. The Morgan fingerprint density at radius 1 is 1.37 bits per heavy atom. The largest absolute Gasteiger partial charge is 0.329 e. The molecule has 0 heterocycles. The van der Waals surface area contributed by atoms with E-state index in [-0.39, 0.29) is 6.04 Å². The van der Waals surface area contributed by atoms with Crippen molar-refractivity contribution in [2.75, 3.05) is 13.1 Å². The molecule has 0 aromatic heterocycles. The van der Waals surface area contributed by atoms with E-state index in [1.165, 1.54) is 0 Å². The minimum Gasteiger partial charge on any atom is -0.329 e. The Kier molecular flexibility index (Phi) is 5.79. The standard InChI is InChI=1S/C13H29N3O2S/c1-5-16(19(17,18)15-11(2)3)13(10-14)8-6-12(4)7-9-13/h11-12,15H,5-10,14H2,1-4H3. The zero-order valence-electron chi connectivity index (χ0n) is 12.6. The van der Waals surface area contributed by atoms with Crippen LogP contribution in [0, 0.1) is 5.92 Å². The van der Waals surface area contributed by atoms with Crippen LogP contribution >= 0.6 is 0 Å². The molecule has 114 valence electrons. The molecule has 3 N–H and O–H groups in total. The first kappa shape index (κ1) is 16.9. The van der Waals surface area contributed by atoms with Crippen LogP contribution in [0.2, 0.25) is 0 Å². The molecule has 0 aromatic rings. The van der Waals surface area contributed by atoms with Crippen LogP contribution in [-0.4, -0.2) is 37.4 Å². The molecule has 0 spiro atoms. The highest BCUT2D eigenvalue weighted by molar-refractivity contribution is 7.87. The van der Waals surface area contributed by atoms with Crippen molar-refractivity contribution in [1.29, 1.82) is 0 Å². The number of nitrogens with zero attached hydrogens (tertiary/aromatic N) is 1. The number of hydrogen-bond acceptors (Lipinski definition) is 3. The number of nitrogens with two attached hydrogens (primary N) is 1. The first-order chi connectivity index (χ1) is 8.77. The van der Waals surface area contributed by atoms with Gasteiger partial charge in [0.25, 0.3) is 10.2 Å². The molecule has 1 fully saturated rings. The lowest BCUT2D eigenvalue weighted by Crippen LogP contribution is -2.60.